The molecular weight excluding hydrogens is 218 g/mol. The number of carbonyl (C=O) groups is 1. The van der Waals surface area contributed by atoms with Gasteiger partial charge in [0.2, 0.25) is 0 Å². The fraction of sp³-hybridized carbons (Fsp3) is 0.0833. The van der Waals surface area contributed by atoms with Gasteiger partial charge in [0, 0.05) is 17.0 Å². The van der Waals surface area contributed by atoms with Crippen LogP contribution in [0.1, 0.15) is 16.1 Å². The third-order valence-electron chi connectivity index (χ3n) is 2.69. The topological polar surface area (TPSA) is 78.9 Å². The molecular formula is C12H9N3O2. The van der Waals surface area contributed by atoms with Crippen LogP contribution < -0.4 is 0 Å². The van der Waals surface area contributed by atoms with Gasteiger partial charge in [0.15, 0.2) is 0 Å². The Morgan fingerprint density at radius 2 is 2.06 bits per heavy atom. The number of rotatable bonds is 1. The highest BCUT2D eigenvalue weighted by Gasteiger charge is 2.10. The molecule has 0 aliphatic carbocycles. The van der Waals surface area contributed by atoms with Gasteiger partial charge in [-0.15, -0.1) is 0 Å². The summed E-state index contributed by atoms with van der Waals surface area (Å²) in [4.78, 5) is 22.1. The molecule has 5 heteroatoms. The smallest absolute Gasteiger partial charge is 0.354 e. The summed E-state index contributed by atoms with van der Waals surface area (Å²) >= 11 is 0. The summed E-state index contributed by atoms with van der Waals surface area (Å²) in [7, 11) is 0. The van der Waals surface area contributed by atoms with Crippen LogP contribution in [0.2, 0.25) is 0 Å². The molecule has 0 saturated carbocycles. The summed E-state index contributed by atoms with van der Waals surface area (Å²) in [5.74, 6) is -1.03. The number of aromatic amines is 1. The Labute approximate surface area is 96.1 Å². The zero-order chi connectivity index (χ0) is 12.0. The fourth-order valence-corrected chi connectivity index (χ4v) is 1.90. The molecule has 0 unspecified atom stereocenters. The number of hydrogen-bond acceptors (Lipinski definition) is 3. The van der Waals surface area contributed by atoms with Gasteiger partial charge in [-0.1, -0.05) is 0 Å². The number of aryl methyl sites for hydroxylation is 1. The molecule has 0 atom stereocenters. The molecule has 3 aromatic heterocycles. The van der Waals surface area contributed by atoms with Crippen LogP contribution in [0.15, 0.2) is 24.5 Å². The van der Waals surface area contributed by atoms with Crippen molar-refractivity contribution in [2.75, 3.05) is 0 Å². The van der Waals surface area contributed by atoms with E-state index in [-0.39, 0.29) is 5.69 Å². The van der Waals surface area contributed by atoms with E-state index in [1.807, 2.05) is 13.0 Å². The second kappa shape index (κ2) is 3.28. The first kappa shape index (κ1) is 9.77. The van der Waals surface area contributed by atoms with E-state index in [2.05, 4.69) is 15.0 Å². The van der Waals surface area contributed by atoms with Crippen molar-refractivity contribution in [3.8, 4) is 0 Å². The molecule has 3 rings (SSSR count). The SMILES string of the molecule is Cc1cnc2[nH]c3cnc(C(=O)O)cc3c2c1. The minimum Gasteiger partial charge on any atom is -0.477 e. The number of carboxylic acids is 1. The van der Waals surface area contributed by atoms with E-state index in [4.69, 9.17) is 5.11 Å². The molecule has 3 aromatic rings. The van der Waals surface area contributed by atoms with Gasteiger partial charge >= 0.3 is 5.97 Å². The maximum atomic E-state index is 10.9. The number of aromatic carboxylic acids is 1. The lowest BCUT2D eigenvalue weighted by molar-refractivity contribution is 0.0691. The predicted octanol–water partition coefficient (Wildman–Crippen LogP) is 2.12. The van der Waals surface area contributed by atoms with Gasteiger partial charge in [-0.05, 0) is 24.6 Å². The number of nitrogens with one attached hydrogen (secondary N) is 1. The Bertz CT molecular complexity index is 746. The number of fused-ring (bicyclic) bond motifs is 3. The van der Waals surface area contributed by atoms with Gasteiger partial charge in [0.25, 0.3) is 0 Å². The average Bonchev–Trinajstić information content (AvgIpc) is 2.66. The summed E-state index contributed by atoms with van der Waals surface area (Å²) in [5.41, 5.74) is 2.62. The van der Waals surface area contributed by atoms with Crippen LogP contribution in [0.3, 0.4) is 0 Å². The van der Waals surface area contributed by atoms with Crippen LogP contribution in [0.25, 0.3) is 21.9 Å². The highest BCUT2D eigenvalue weighted by molar-refractivity contribution is 6.07. The first-order valence-corrected chi connectivity index (χ1v) is 5.12. The maximum Gasteiger partial charge on any atom is 0.354 e. The van der Waals surface area contributed by atoms with Crippen LogP contribution in [0.5, 0.6) is 0 Å². The number of hydrogen-bond donors (Lipinski definition) is 2. The molecule has 0 bridgehead atoms. The van der Waals surface area contributed by atoms with Crippen LogP contribution in [0, 0.1) is 6.92 Å². The third-order valence-corrected chi connectivity index (χ3v) is 2.69. The van der Waals surface area contributed by atoms with Crippen molar-refractivity contribution >= 4 is 27.9 Å². The number of pyridine rings is 2. The van der Waals surface area contributed by atoms with Crippen molar-refractivity contribution < 1.29 is 9.90 Å². The highest BCUT2D eigenvalue weighted by Crippen LogP contribution is 2.24. The Balaban J connectivity index is 2.43. The van der Waals surface area contributed by atoms with E-state index in [0.29, 0.717) is 0 Å². The van der Waals surface area contributed by atoms with E-state index >= 15 is 0 Å². The van der Waals surface area contributed by atoms with Gasteiger partial charge in [-0.3, -0.25) is 0 Å². The van der Waals surface area contributed by atoms with Crippen molar-refractivity contribution in [3.05, 3.63) is 35.8 Å². The third kappa shape index (κ3) is 1.44. The van der Waals surface area contributed by atoms with Crippen molar-refractivity contribution in [2.45, 2.75) is 6.92 Å². The summed E-state index contributed by atoms with van der Waals surface area (Å²) in [5, 5.41) is 10.7. The van der Waals surface area contributed by atoms with E-state index in [9.17, 15) is 4.79 Å². The molecule has 2 N–H and O–H groups in total. The Hall–Kier alpha value is -2.43. The summed E-state index contributed by atoms with van der Waals surface area (Å²) in [6.45, 7) is 1.95. The monoisotopic (exact) mass is 227 g/mol. The minimum atomic E-state index is -1.03. The lowest BCUT2D eigenvalue weighted by atomic mass is 10.2. The van der Waals surface area contributed by atoms with Crippen molar-refractivity contribution in [3.63, 3.8) is 0 Å². The first-order valence-electron chi connectivity index (χ1n) is 5.12. The van der Waals surface area contributed by atoms with Gasteiger partial charge < -0.3 is 10.1 Å². The molecule has 17 heavy (non-hydrogen) atoms. The average molecular weight is 227 g/mol. The van der Waals surface area contributed by atoms with Crippen LogP contribution in [0.4, 0.5) is 0 Å². The lowest BCUT2D eigenvalue weighted by Gasteiger charge is -1.94. The summed E-state index contributed by atoms with van der Waals surface area (Å²) in [6, 6.07) is 3.55. The summed E-state index contributed by atoms with van der Waals surface area (Å²) in [6.07, 6.45) is 3.29. The largest absolute Gasteiger partial charge is 0.477 e. The second-order valence-corrected chi connectivity index (χ2v) is 3.95. The van der Waals surface area contributed by atoms with Crippen LogP contribution in [-0.4, -0.2) is 26.0 Å². The van der Waals surface area contributed by atoms with Gasteiger partial charge in [-0.25, -0.2) is 14.8 Å². The van der Waals surface area contributed by atoms with Crippen molar-refractivity contribution in [1.29, 1.82) is 0 Å². The Kier molecular flexibility index (Phi) is 1.89. The van der Waals surface area contributed by atoms with E-state index < -0.39 is 5.97 Å². The molecule has 0 radical (unpaired) electrons. The molecule has 84 valence electrons. The van der Waals surface area contributed by atoms with E-state index in [1.54, 1.807) is 12.3 Å². The zero-order valence-corrected chi connectivity index (χ0v) is 9.06. The van der Waals surface area contributed by atoms with E-state index in [0.717, 1.165) is 27.5 Å². The van der Waals surface area contributed by atoms with Gasteiger partial charge in [0.05, 0.1) is 11.7 Å². The quantitative estimate of drug-likeness (QED) is 0.667. The maximum absolute atomic E-state index is 10.9. The Morgan fingerprint density at radius 1 is 1.24 bits per heavy atom. The number of carboxylic acid groups (broad SMARTS) is 1. The second-order valence-electron chi connectivity index (χ2n) is 3.95. The molecule has 0 aliphatic rings. The summed E-state index contributed by atoms with van der Waals surface area (Å²) < 4.78 is 0. The lowest BCUT2D eigenvalue weighted by Crippen LogP contribution is -1.98. The Morgan fingerprint density at radius 3 is 2.82 bits per heavy atom. The fourth-order valence-electron chi connectivity index (χ4n) is 1.90. The molecule has 0 fully saturated rings. The molecule has 0 aromatic carbocycles. The molecule has 0 saturated heterocycles. The van der Waals surface area contributed by atoms with Crippen LogP contribution >= 0.6 is 0 Å². The molecule has 0 spiro atoms. The minimum absolute atomic E-state index is 0.0416. The molecule has 5 nitrogen and oxygen atoms in total. The van der Waals surface area contributed by atoms with E-state index in [1.165, 1.54) is 6.20 Å². The predicted molar refractivity (Wildman–Crippen MR) is 63.1 cm³/mol. The van der Waals surface area contributed by atoms with Gasteiger partial charge in [0.1, 0.15) is 11.3 Å². The molecule has 3 heterocycles. The van der Waals surface area contributed by atoms with Crippen molar-refractivity contribution in [1.82, 2.24) is 15.0 Å². The molecule has 0 amide bonds. The highest BCUT2D eigenvalue weighted by atomic mass is 16.4. The first-order chi connectivity index (χ1) is 8.15. The normalized spacial score (nSPS) is 11.1. The molecule has 0 aliphatic heterocycles. The standard InChI is InChI=1S/C12H9N3O2/c1-6-2-8-7-3-9(12(16)17)13-5-10(7)15-11(8)14-4-6/h2-5H,1H3,(H,14,15)(H,16,17). The van der Waals surface area contributed by atoms with Gasteiger partial charge in [-0.2, -0.15) is 0 Å². The zero-order valence-electron chi connectivity index (χ0n) is 9.06. The number of H-pyrrole nitrogens is 1. The van der Waals surface area contributed by atoms with Crippen LogP contribution in [-0.2, 0) is 0 Å². The van der Waals surface area contributed by atoms with Crippen molar-refractivity contribution in [2.24, 2.45) is 0 Å². The number of nitrogens with zero attached hydrogens (tertiary/aromatic N) is 2. The number of aromatic nitrogens is 3.